The first kappa shape index (κ1) is 13.0. The van der Waals surface area contributed by atoms with Crippen LogP contribution >= 0.6 is 22.9 Å². The minimum atomic E-state index is -0.273. The lowest BCUT2D eigenvalue weighted by Crippen LogP contribution is -2.23. The maximum atomic E-state index is 11.8. The van der Waals surface area contributed by atoms with Crippen molar-refractivity contribution in [3.63, 3.8) is 0 Å². The molecule has 18 heavy (non-hydrogen) atoms. The molecule has 0 aliphatic carbocycles. The number of hydrogen-bond acceptors (Lipinski definition) is 5. The van der Waals surface area contributed by atoms with Crippen LogP contribution in [0.3, 0.4) is 0 Å². The molecule has 0 radical (unpaired) electrons. The molecule has 5 nitrogen and oxygen atoms in total. The molecule has 0 saturated carbocycles. The van der Waals surface area contributed by atoms with Gasteiger partial charge in [-0.2, -0.15) is 5.10 Å². The Kier molecular flexibility index (Phi) is 3.98. The first-order chi connectivity index (χ1) is 8.61. The van der Waals surface area contributed by atoms with Crippen LogP contribution in [0.15, 0.2) is 17.2 Å². The Hall–Kier alpha value is -1.40. The van der Waals surface area contributed by atoms with Crippen LogP contribution in [0, 0.1) is 6.92 Å². The number of rotatable bonds is 4. The molecular formula is C11H13ClN4OS. The summed E-state index contributed by atoms with van der Waals surface area (Å²) in [4.78, 5) is 17.0. The highest BCUT2D eigenvalue weighted by molar-refractivity contribution is 7.11. The van der Waals surface area contributed by atoms with Crippen molar-refractivity contribution < 1.29 is 0 Å². The monoisotopic (exact) mass is 284 g/mol. The minimum absolute atomic E-state index is 0.174. The summed E-state index contributed by atoms with van der Waals surface area (Å²) in [6.07, 6.45) is 3.38. The Balaban J connectivity index is 2.15. The molecule has 96 valence electrons. The summed E-state index contributed by atoms with van der Waals surface area (Å²) in [6.45, 7) is 4.89. The maximum absolute atomic E-state index is 11.8. The number of nitrogens with zero attached hydrogens (tertiary/aromatic N) is 3. The smallest absolute Gasteiger partial charge is 0.287 e. The second-order valence-corrected chi connectivity index (χ2v) is 5.39. The maximum Gasteiger partial charge on any atom is 0.287 e. The SMILES string of the molecule is CCn1ncc(NCc2cnc(C)s2)c(Cl)c1=O. The molecule has 2 aromatic rings. The zero-order valence-electron chi connectivity index (χ0n) is 10.1. The van der Waals surface area contributed by atoms with Gasteiger partial charge in [0.2, 0.25) is 0 Å². The lowest BCUT2D eigenvalue weighted by molar-refractivity contribution is 0.616. The molecule has 0 aliphatic heterocycles. The number of nitrogens with one attached hydrogen (secondary N) is 1. The number of aryl methyl sites for hydroxylation is 2. The summed E-state index contributed by atoms with van der Waals surface area (Å²) >= 11 is 7.60. The van der Waals surface area contributed by atoms with Crippen molar-refractivity contribution in [2.24, 2.45) is 0 Å². The van der Waals surface area contributed by atoms with Gasteiger partial charge in [0.1, 0.15) is 5.02 Å². The van der Waals surface area contributed by atoms with Gasteiger partial charge in [0.05, 0.1) is 23.4 Å². The van der Waals surface area contributed by atoms with Crippen LogP contribution in [0.2, 0.25) is 5.02 Å². The Morgan fingerprint density at radius 2 is 2.28 bits per heavy atom. The molecule has 2 heterocycles. The van der Waals surface area contributed by atoms with Crippen molar-refractivity contribution in [3.8, 4) is 0 Å². The first-order valence-corrected chi connectivity index (χ1v) is 6.72. The number of thiazole rings is 1. The van der Waals surface area contributed by atoms with E-state index in [9.17, 15) is 4.79 Å². The molecular weight excluding hydrogens is 272 g/mol. The quantitative estimate of drug-likeness (QED) is 0.936. The molecule has 0 bridgehead atoms. The highest BCUT2D eigenvalue weighted by Crippen LogP contribution is 2.18. The van der Waals surface area contributed by atoms with E-state index in [1.165, 1.54) is 4.68 Å². The summed E-state index contributed by atoms with van der Waals surface area (Å²) in [5.74, 6) is 0. The van der Waals surface area contributed by atoms with Crippen molar-refractivity contribution in [2.45, 2.75) is 26.9 Å². The molecule has 0 aromatic carbocycles. The zero-order valence-corrected chi connectivity index (χ0v) is 11.7. The zero-order chi connectivity index (χ0) is 13.1. The summed E-state index contributed by atoms with van der Waals surface area (Å²) in [6, 6.07) is 0. The van der Waals surface area contributed by atoms with E-state index in [-0.39, 0.29) is 10.6 Å². The van der Waals surface area contributed by atoms with Crippen molar-refractivity contribution in [1.82, 2.24) is 14.8 Å². The van der Waals surface area contributed by atoms with E-state index in [0.29, 0.717) is 18.8 Å². The average molecular weight is 285 g/mol. The Labute approximate surface area is 113 Å². The molecule has 0 fully saturated rings. The predicted octanol–water partition coefficient (Wildman–Crippen LogP) is 2.29. The van der Waals surface area contributed by atoms with Crippen molar-refractivity contribution in [3.05, 3.63) is 37.7 Å². The van der Waals surface area contributed by atoms with Gasteiger partial charge in [-0.05, 0) is 13.8 Å². The largest absolute Gasteiger partial charge is 0.377 e. The van der Waals surface area contributed by atoms with Crippen molar-refractivity contribution in [1.29, 1.82) is 0 Å². The van der Waals surface area contributed by atoms with Gasteiger partial charge in [0, 0.05) is 17.6 Å². The fourth-order valence-corrected chi connectivity index (χ4v) is 2.43. The Morgan fingerprint density at radius 1 is 1.50 bits per heavy atom. The summed E-state index contributed by atoms with van der Waals surface area (Å²) < 4.78 is 1.32. The van der Waals surface area contributed by atoms with E-state index < -0.39 is 0 Å². The lowest BCUT2D eigenvalue weighted by Gasteiger charge is -2.07. The fraction of sp³-hybridized carbons (Fsp3) is 0.364. The van der Waals surface area contributed by atoms with Crippen LogP contribution in [0.5, 0.6) is 0 Å². The molecule has 0 spiro atoms. The molecule has 0 aliphatic rings. The Bertz CT molecular complexity index is 607. The second-order valence-electron chi connectivity index (χ2n) is 3.69. The predicted molar refractivity (Wildman–Crippen MR) is 73.4 cm³/mol. The van der Waals surface area contributed by atoms with E-state index >= 15 is 0 Å². The topological polar surface area (TPSA) is 59.8 Å². The second kappa shape index (κ2) is 5.49. The van der Waals surface area contributed by atoms with Gasteiger partial charge in [0.25, 0.3) is 5.56 Å². The van der Waals surface area contributed by atoms with Gasteiger partial charge in [-0.15, -0.1) is 11.3 Å². The minimum Gasteiger partial charge on any atom is -0.377 e. The molecule has 0 unspecified atom stereocenters. The Morgan fingerprint density at radius 3 is 2.89 bits per heavy atom. The highest BCUT2D eigenvalue weighted by atomic mass is 35.5. The van der Waals surface area contributed by atoms with Gasteiger partial charge >= 0.3 is 0 Å². The van der Waals surface area contributed by atoms with E-state index in [4.69, 9.17) is 11.6 Å². The van der Waals surface area contributed by atoms with Crippen LogP contribution in [-0.2, 0) is 13.1 Å². The third-order valence-corrected chi connectivity index (χ3v) is 3.68. The molecule has 1 N–H and O–H groups in total. The number of aromatic nitrogens is 3. The van der Waals surface area contributed by atoms with Crippen LogP contribution < -0.4 is 10.9 Å². The van der Waals surface area contributed by atoms with Crippen LogP contribution in [0.1, 0.15) is 16.8 Å². The third-order valence-electron chi connectivity index (χ3n) is 2.41. The summed E-state index contributed by atoms with van der Waals surface area (Å²) in [5, 5.41) is 8.30. The summed E-state index contributed by atoms with van der Waals surface area (Å²) in [7, 11) is 0. The molecule has 0 amide bonds. The number of anilines is 1. The lowest BCUT2D eigenvalue weighted by atomic mass is 10.4. The number of hydrogen-bond donors (Lipinski definition) is 1. The van der Waals surface area contributed by atoms with E-state index in [1.54, 1.807) is 17.5 Å². The van der Waals surface area contributed by atoms with Gasteiger partial charge < -0.3 is 5.32 Å². The van der Waals surface area contributed by atoms with Crippen molar-refractivity contribution in [2.75, 3.05) is 5.32 Å². The van der Waals surface area contributed by atoms with Gasteiger partial charge in [-0.1, -0.05) is 11.6 Å². The van der Waals surface area contributed by atoms with Crippen LogP contribution in [-0.4, -0.2) is 14.8 Å². The molecule has 0 saturated heterocycles. The fourth-order valence-electron chi connectivity index (χ4n) is 1.48. The molecule has 7 heteroatoms. The van der Waals surface area contributed by atoms with Crippen LogP contribution in [0.4, 0.5) is 5.69 Å². The molecule has 2 aromatic heterocycles. The van der Waals surface area contributed by atoms with E-state index in [0.717, 1.165) is 9.88 Å². The highest BCUT2D eigenvalue weighted by Gasteiger charge is 2.08. The normalized spacial score (nSPS) is 10.6. The molecule has 2 rings (SSSR count). The first-order valence-electron chi connectivity index (χ1n) is 5.52. The van der Waals surface area contributed by atoms with Crippen LogP contribution in [0.25, 0.3) is 0 Å². The molecule has 0 atom stereocenters. The van der Waals surface area contributed by atoms with Gasteiger partial charge in [-0.25, -0.2) is 9.67 Å². The summed E-state index contributed by atoms with van der Waals surface area (Å²) in [5.41, 5.74) is 0.280. The van der Waals surface area contributed by atoms with Gasteiger partial charge in [-0.3, -0.25) is 4.79 Å². The standard InChI is InChI=1S/C11H13ClN4OS/c1-3-16-11(17)10(12)9(6-15-16)14-5-8-4-13-7(2)18-8/h4,6,14H,3,5H2,1-2H3. The number of halogens is 1. The van der Waals surface area contributed by atoms with Gasteiger partial charge in [0.15, 0.2) is 0 Å². The van der Waals surface area contributed by atoms with Crippen molar-refractivity contribution >= 4 is 28.6 Å². The average Bonchev–Trinajstić information content (AvgIpc) is 2.77. The third kappa shape index (κ3) is 2.70. The van der Waals surface area contributed by atoms with E-state index in [2.05, 4.69) is 15.4 Å². The van der Waals surface area contributed by atoms with E-state index in [1.807, 2.05) is 20.0 Å².